The van der Waals surface area contributed by atoms with Crippen LogP contribution in [0.3, 0.4) is 0 Å². The fourth-order valence-electron chi connectivity index (χ4n) is 2.10. The number of halogens is 1. The van der Waals surface area contributed by atoms with Gasteiger partial charge in [0.05, 0.1) is 6.42 Å². The van der Waals surface area contributed by atoms with Crippen LogP contribution in [-0.4, -0.2) is 17.8 Å². The van der Waals surface area contributed by atoms with E-state index in [0.717, 1.165) is 12.0 Å². The van der Waals surface area contributed by atoms with Crippen LogP contribution in [0.25, 0.3) is 10.8 Å². The number of hydrogen-bond acceptors (Lipinski definition) is 1. The second kappa shape index (κ2) is 6.58. The monoisotopic (exact) mass is 275 g/mol. The fraction of sp³-hybridized carbons (Fsp3) is 0.312. The normalized spacial score (nSPS) is 12.3. The standard InChI is InChI=1S/C16H18ClNO/c1-12(8-9-17)18-16(19)11-13-6-7-14-4-2-3-5-15(14)10-13/h2-7,10,12H,8-9,11H2,1H3,(H,18,19). The largest absolute Gasteiger partial charge is 0.353 e. The van der Waals surface area contributed by atoms with E-state index in [2.05, 4.69) is 29.6 Å². The van der Waals surface area contributed by atoms with E-state index in [1.807, 2.05) is 25.1 Å². The first-order valence-corrected chi connectivity index (χ1v) is 7.05. The molecule has 1 unspecified atom stereocenters. The van der Waals surface area contributed by atoms with E-state index < -0.39 is 0 Å². The summed E-state index contributed by atoms with van der Waals surface area (Å²) in [6, 6.07) is 14.4. The van der Waals surface area contributed by atoms with Crippen LogP contribution in [0.4, 0.5) is 0 Å². The Kier molecular flexibility index (Phi) is 4.80. The molecule has 0 heterocycles. The third-order valence-electron chi connectivity index (χ3n) is 3.13. The van der Waals surface area contributed by atoms with Crippen molar-refractivity contribution in [2.24, 2.45) is 0 Å². The summed E-state index contributed by atoms with van der Waals surface area (Å²) in [6.45, 7) is 1.97. The Bertz CT molecular complexity index is 567. The summed E-state index contributed by atoms with van der Waals surface area (Å²) in [4.78, 5) is 11.9. The van der Waals surface area contributed by atoms with Gasteiger partial charge in [-0.3, -0.25) is 4.79 Å². The zero-order valence-corrected chi connectivity index (χ0v) is 11.8. The van der Waals surface area contributed by atoms with Crippen LogP contribution in [0.1, 0.15) is 18.9 Å². The first kappa shape index (κ1) is 13.9. The number of carbonyl (C=O) groups is 1. The highest BCUT2D eigenvalue weighted by atomic mass is 35.5. The lowest BCUT2D eigenvalue weighted by Gasteiger charge is -2.12. The molecule has 2 aromatic carbocycles. The zero-order valence-electron chi connectivity index (χ0n) is 11.0. The Balaban J connectivity index is 2.02. The van der Waals surface area contributed by atoms with Gasteiger partial charge in [-0.1, -0.05) is 42.5 Å². The Labute approximate surface area is 118 Å². The summed E-state index contributed by atoms with van der Waals surface area (Å²) in [7, 11) is 0. The fourth-order valence-corrected chi connectivity index (χ4v) is 2.42. The molecule has 3 heteroatoms. The lowest BCUT2D eigenvalue weighted by atomic mass is 10.0. The van der Waals surface area contributed by atoms with Gasteiger partial charge < -0.3 is 5.32 Å². The van der Waals surface area contributed by atoms with Crippen molar-refractivity contribution in [2.75, 3.05) is 5.88 Å². The average molecular weight is 276 g/mol. The first-order chi connectivity index (χ1) is 9.19. The van der Waals surface area contributed by atoms with Crippen molar-refractivity contribution in [3.8, 4) is 0 Å². The van der Waals surface area contributed by atoms with Crippen LogP contribution in [-0.2, 0) is 11.2 Å². The van der Waals surface area contributed by atoms with Gasteiger partial charge >= 0.3 is 0 Å². The molecule has 1 N–H and O–H groups in total. The van der Waals surface area contributed by atoms with Gasteiger partial charge in [0.1, 0.15) is 0 Å². The summed E-state index contributed by atoms with van der Waals surface area (Å²) in [5, 5.41) is 5.32. The van der Waals surface area contributed by atoms with Crippen molar-refractivity contribution in [1.29, 1.82) is 0 Å². The van der Waals surface area contributed by atoms with Crippen molar-refractivity contribution < 1.29 is 4.79 Å². The molecule has 19 heavy (non-hydrogen) atoms. The molecular weight excluding hydrogens is 258 g/mol. The molecule has 1 atom stereocenters. The summed E-state index contributed by atoms with van der Waals surface area (Å²) in [6.07, 6.45) is 1.21. The molecule has 1 amide bonds. The molecule has 0 bridgehead atoms. The second-order valence-corrected chi connectivity index (χ2v) is 5.18. The average Bonchev–Trinajstić information content (AvgIpc) is 2.38. The van der Waals surface area contributed by atoms with Crippen LogP contribution in [0.2, 0.25) is 0 Å². The molecule has 0 spiro atoms. The number of carbonyl (C=O) groups excluding carboxylic acids is 1. The number of fused-ring (bicyclic) bond motifs is 1. The van der Waals surface area contributed by atoms with Gasteiger partial charge in [0, 0.05) is 11.9 Å². The number of benzene rings is 2. The van der Waals surface area contributed by atoms with E-state index in [9.17, 15) is 4.79 Å². The summed E-state index contributed by atoms with van der Waals surface area (Å²) in [5.74, 6) is 0.616. The minimum atomic E-state index is 0.0490. The predicted molar refractivity (Wildman–Crippen MR) is 80.6 cm³/mol. The van der Waals surface area contributed by atoms with E-state index in [1.165, 1.54) is 10.8 Å². The summed E-state index contributed by atoms with van der Waals surface area (Å²) in [5.41, 5.74) is 1.04. The lowest BCUT2D eigenvalue weighted by molar-refractivity contribution is -0.121. The summed E-state index contributed by atoms with van der Waals surface area (Å²) < 4.78 is 0. The molecule has 0 radical (unpaired) electrons. The first-order valence-electron chi connectivity index (χ1n) is 6.52. The summed E-state index contributed by atoms with van der Waals surface area (Å²) >= 11 is 5.65. The molecule has 100 valence electrons. The Morgan fingerprint density at radius 3 is 2.68 bits per heavy atom. The SMILES string of the molecule is CC(CCCl)NC(=O)Cc1ccc2ccccc2c1. The highest BCUT2D eigenvalue weighted by Crippen LogP contribution is 2.15. The van der Waals surface area contributed by atoms with Crippen LogP contribution in [0, 0.1) is 0 Å². The maximum atomic E-state index is 11.9. The minimum Gasteiger partial charge on any atom is -0.353 e. The predicted octanol–water partition coefficient (Wildman–Crippen LogP) is 3.52. The maximum Gasteiger partial charge on any atom is 0.224 e. The molecule has 0 aliphatic carbocycles. The molecular formula is C16H18ClNO. The molecule has 2 rings (SSSR count). The van der Waals surface area contributed by atoms with Crippen LogP contribution in [0.5, 0.6) is 0 Å². The van der Waals surface area contributed by atoms with Crippen molar-refractivity contribution in [2.45, 2.75) is 25.8 Å². The van der Waals surface area contributed by atoms with Gasteiger partial charge in [0.25, 0.3) is 0 Å². The minimum absolute atomic E-state index is 0.0490. The van der Waals surface area contributed by atoms with Gasteiger partial charge in [-0.15, -0.1) is 11.6 Å². The number of alkyl halides is 1. The van der Waals surface area contributed by atoms with Gasteiger partial charge in [-0.25, -0.2) is 0 Å². The number of hydrogen-bond donors (Lipinski definition) is 1. The van der Waals surface area contributed by atoms with Crippen LogP contribution >= 0.6 is 11.6 Å². The number of nitrogens with one attached hydrogen (secondary N) is 1. The molecule has 2 aromatic rings. The molecule has 0 aliphatic rings. The number of amides is 1. The zero-order chi connectivity index (χ0) is 13.7. The van der Waals surface area contributed by atoms with Crippen LogP contribution < -0.4 is 5.32 Å². The molecule has 0 aliphatic heterocycles. The van der Waals surface area contributed by atoms with Crippen molar-refractivity contribution in [3.63, 3.8) is 0 Å². The molecule has 0 aromatic heterocycles. The van der Waals surface area contributed by atoms with Gasteiger partial charge in [-0.2, -0.15) is 0 Å². The quantitative estimate of drug-likeness (QED) is 0.831. The lowest BCUT2D eigenvalue weighted by Crippen LogP contribution is -2.33. The smallest absolute Gasteiger partial charge is 0.224 e. The molecule has 2 nitrogen and oxygen atoms in total. The van der Waals surface area contributed by atoms with Crippen molar-refractivity contribution >= 4 is 28.3 Å². The van der Waals surface area contributed by atoms with E-state index in [0.29, 0.717) is 12.3 Å². The third kappa shape index (κ3) is 3.97. The molecule has 0 saturated carbocycles. The van der Waals surface area contributed by atoms with E-state index in [-0.39, 0.29) is 11.9 Å². The Morgan fingerprint density at radius 1 is 1.21 bits per heavy atom. The van der Waals surface area contributed by atoms with Gasteiger partial charge in [-0.05, 0) is 29.7 Å². The van der Waals surface area contributed by atoms with Crippen LogP contribution in [0.15, 0.2) is 42.5 Å². The maximum absolute atomic E-state index is 11.9. The molecule has 0 fully saturated rings. The third-order valence-corrected chi connectivity index (χ3v) is 3.35. The Morgan fingerprint density at radius 2 is 1.95 bits per heavy atom. The Hall–Kier alpha value is -1.54. The van der Waals surface area contributed by atoms with Gasteiger partial charge in [0.15, 0.2) is 0 Å². The van der Waals surface area contributed by atoms with E-state index in [4.69, 9.17) is 11.6 Å². The highest BCUT2D eigenvalue weighted by Gasteiger charge is 2.08. The van der Waals surface area contributed by atoms with E-state index in [1.54, 1.807) is 0 Å². The molecule has 0 saturated heterocycles. The van der Waals surface area contributed by atoms with Gasteiger partial charge in [0.2, 0.25) is 5.91 Å². The number of rotatable bonds is 5. The second-order valence-electron chi connectivity index (χ2n) is 4.80. The van der Waals surface area contributed by atoms with Crippen molar-refractivity contribution in [3.05, 3.63) is 48.0 Å². The highest BCUT2D eigenvalue weighted by molar-refractivity contribution is 6.17. The van der Waals surface area contributed by atoms with E-state index >= 15 is 0 Å². The topological polar surface area (TPSA) is 29.1 Å². The van der Waals surface area contributed by atoms with Crippen molar-refractivity contribution in [1.82, 2.24) is 5.32 Å².